The second-order valence-corrected chi connectivity index (χ2v) is 8.98. The number of methoxy groups -OCH3 is 1. The van der Waals surface area contributed by atoms with Crippen LogP contribution in [0, 0.1) is 0 Å². The van der Waals surface area contributed by atoms with Crippen LogP contribution in [-0.4, -0.2) is 36.6 Å². The van der Waals surface area contributed by atoms with E-state index in [9.17, 15) is 14.7 Å². The number of benzene rings is 3. The third-order valence-corrected chi connectivity index (χ3v) is 5.94. The van der Waals surface area contributed by atoms with Crippen molar-refractivity contribution in [1.29, 1.82) is 0 Å². The van der Waals surface area contributed by atoms with Crippen LogP contribution in [-0.2, 0) is 9.59 Å². The molecule has 37 heavy (non-hydrogen) atoms. The summed E-state index contributed by atoms with van der Waals surface area (Å²) in [5.74, 6) is 0.139. The highest BCUT2D eigenvalue weighted by atomic mass is 16.5. The molecule has 7 heteroatoms. The Morgan fingerprint density at radius 2 is 1.62 bits per heavy atom. The number of nitrogens with zero attached hydrogens (tertiary/aromatic N) is 1. The lowest BCUT2D eigenvalue weighted by molar-refractivity contribution is -0.132. The van der Waals surface area contributed by atoms with Gasteiger partial charge in [0, 0.05) is 11.3 Å². The topological polar surface area (TPSA) is 85.3 Å². The van der Waals surface area contributed by atoms with Crippen molar-refractivity contribution >= 4 is 23.1 Å². The third-order valence-electron chi connectivity index (χ3n) is 5.94. The molecule has 1 amide bonds. The third kappa shape index (κ3) is 5.45. The summed E-state index contributed by atoms with van der Waals surface area (Å²) in [6.45, 7) is 6.40. The summed E-state index contributed by atoms with van der Waals surface area (Å²) in [6.07, 6.45) is 0.835. The Bertz CT molecular complexity index is 1290. The molecular weight excluding hydrogens is 470 g/mol. The minimum Gasteiger partial charge on any atom is -0.507 e. The fraction of sp³-hybridized carbons (Fsp3) is 0.267. The first-order valence-electron chi connectivity index (χ1n) is 12.3. The number of carbonyl (C=O) groups excluding carboxylic acids is 2. The van der Waals surface area contributed by atoms with E-state index in [1.54, 1.807) is 61.7 Å². The monoisotopic (exact) mass is 501 g/mol. The van der Waals surface area contributed by atoms with Crippen molar-refractivity contribution in [2.75, 3.05) is 18.6 Å². The van der Waals surface area contributed by atoms with E-state index in [1.165, 1.54) is 4.90 Å². The zero-order chi connectivity index (χ0) is 26.5. The fourth-order valence-electron chi connectivity index (χ4n) is 4.27. The van der Waals surface area contributed by atoms with E-state index in [0.717, 1.165) is 6.42 Å². The number of aliphatic hydroxyl groups is 1. The molecule has 0 saturated carbocycles. The fourth-order valence-corrected chi connectivity index (χ4v) is 4.27. The highest BCUT2D eigenvalue weighted by Crippen LogP contribution is 2.43. The summed E-state index contributed by atoms with van der Waals surface area (Å²) in [6, 6.07) is 20.1. The zero-order valence-corrected chi connectivity index (χ0v) is 21.4. The van der Waals surface area contributed by atoms with Gasteiger partial charge < -0.3 is 19.3 Å². The Morgan fingerprint density at radius 1 is 0.946 bits per heavy atom. The summed E-state index contributed by atoms with van der Waals surface area (Å²) < 4.78 is 16.7. The first-order valence-corrected chi connectivity index (χ1v) is 12.3. The molecule has 1 N–H and O–H groups in total. The van der Waals surface area contributed by atoms with E-state index in [2.05, 4.69) is 0 Å². The number of Topliss-reactive ketones (excluding diaryl/α,β-unsaturated/α-hetero) is 1. The second-order valence-electron chi connectivity index (χ2n) is 8.98. The maximum atomic E-state index is 13.4. The molecule has 0 bridgehead atoms. The Hall–Kier alpha value is -4.26. The minimum absolute atomic E-state index is 0.00327. The SMILES string of the molecule is CCCOc1cccc(C2/C(=C(/O)c3ccc(OC(C)C)cc3)C(=O)C(=O)N2c2ccc(OC)cc2)c1. The van der Waals surface area contributed by atoms with Crippen molar-refractivity contribution in [2.45, 2.75) is 39.3 Å². The van der Waals surface area contributed by atoms with Gasteiger partial charge in [0.15, 0.2) is 0 Å². The van der Waals surface area contributed by atoms with Gasteiger partial charge in [-0.15, -0.1) is 0 Å². The standard InChI is InChI=1S/C30H31NO6/c1-5-17-36-25-8-6-7-21(18-25)27-26(28(32)20-9-13-24(14-10-20)37-19(2)3)29(33)30(34)31(27)22-11-15-23(35-4)16-12-22/h6-16,18-19,27,32H,5,17H2,1-4H3/b28-26-. The lowest BCUT2D eigenvalue weighted by atomic mass is 9.95. The van der Waals surface area contributed by atoms with Gasteiger partial charge in [0.2, 0.25) is 0 Å². The Kier molecular flexibility index (Phi) is 7.82. The largest absolute Gasteiger partial charge is 0.507 e. The molecule has 4 rings (SSSR count). The van der Waals surface area contributed by atoms with Gasteiger partial charge in [-0.2, -0.15) is 0 Å². The van der Waals surface area contributed by atoms with E-state index in [1.807, 2.05) is 39.0 Å². The molecule has 3 aromatic rings. The maximum absolute atomic E-state index is 13.4. The lowest BCUT2D eigenvalue weighted by Crippen LogP contribution is -2.29. The number of amides is 1. The lowest BCUT2D eigenvalue weighted by Gasteiger charge is -2.26. The molecule has 1 unspecified atom stereocenters. The summed E-state index contributed by atoms with van der Waals surface area (Å²) in [5.41, 5.74) is 1.57. The van der Waals surface area contributed by atoms with E-state index >= 15 is 0 Å². The van der Waals surface area contributed by atoms with Gasteiger partial charge in [-0.1, -0.05) is 19.1 Å². The van der Waals surface area contributed by atoms with Gasteiger partial charge >= 0.3 is 0 Å². The van der Waals surface area contributed by atoms with Crippen molar-refractivity contribution in [3.8, 4) is 17.2 Å². The number of carbonyl (C=O) groups is 2. The number of ether oxygens (including phenoxy) is 3. The molecule has 1 fully saturated rings. The normalized spacial score (nSPS) is 16.8. The van der Waals surface area contributed by atoms with E-state index in [0.29, 0.717) is 40.7 Å². The predicted octanol–water partition coefficient (Wildman–Crippen LogP) is 5.90. The molecular formula is C30H31NO6. The van der Waals surface area contributed by atoms with Gasteiger partial charge in [0.1, 0.15) is 23.0 Å². The zero-order valence-electron chi connectivity index (χ0n) is 21.4. The Balaban J connectivity index is 1.84. The smallest absolute Gasteiger partial charge is 0.300 e. The molecule has 0 aromatic heterocycles. The molecule has 1 heterocycles. The molecule has 7 nitrogen and oxygen atoms in total. The Morgan fingerprint density at radius 3 is 2.24 bits per heavy atom. The molecule has 1 atom stereocenters. The van der Waals surface area contributed by atoms with Crippen LogP contribution in [0.2, 0.25) is 0 Å². The van der Waals surface area contributed by atoms with E-state index in [-0.39, 0.29) is 17.4 Å². The van der Waals surface area contributed by atoms with Gasteiger partial charge in [-0.3, -0.25) is 14.5 Å². The average Bonchev–Trinajstić information content (AvgIpc) is 3.17. The molecule has 1 aliphatic rings. The molecule has 1 saturated heterocycles. The van der Waals surface area contributed by atoms with Crippen LogP contribution in [0.1, 0.15) is 44.4 Å². The van der Waals surface area contributed by atoms with Crippen molar-refractivity contribution in [3.63, 3.8) is 0 Å². The van der Waals surface area contributed by atoms with Crippen LogP contribution in [0.5, 0.6) is 17.2 Å². The summed E-state index contributed by atoms with van der Waals surface area (Å²) in [5, 5.41) is 11.4. The number of hydrogen-bond donors (Lipinski definition) is 1. The quantitative estimate of drug-likeness (QED) is 0.223. The Labute approximate surface area is 216 Å². The highest BCUT2D eigenvalue weighted by Gasteiger charge is 2.47. The maximum Gasteiger partial charge on any atom is 0.300 e. The number of ketones is 1. The summed E-state index contributed by atoms with van der Waals surface area (Å²) in [4.78, 5) is 28.2. The predicted molar refractivity (Wildman–Crippen MR) is 142 cm³/mol. The van der Waals surface area contributed by atoms with Crippen LogP contribution < -0.4 is 19.1 Å². The van der Waals surface area contributed by atoms with E-state index < -0.39 is 17.7 Å². The second kappa shape index (κ2) is 11.2. The number of anilines is 1. The van der Waals surface area contributed by atoms with Gasteiger partial charge in [-0.05, 0) is 86.5 Å². The molecule has 192 valence electrons. The van der Waals surface area contributed by atoms with Gasteiger partial charge in [0.05, 0.1) is 31.4 Å². The number of aliphatic hydroxyl groups excluding tert-OH is 1. The molecule has 0 aliphatic carbocycles. The van der Waals surface area contributed by atoms with Gasteiger partial charge in [0.25, 0.3) is 11.7 Å². The number of rotatable bonds is 9. The van der Waals surface area contributed by atoms with Crippen molar-refractivity contribution in [3.05, 3.63) is 89.5 Å². The van der Waals surface area contributed by atoms with Crippen LogP contribution in [0.25, 0.3) is 5.76 Å². The van der Waals surface area contributed by atoms with Crippen LogP contribution in [0.3, 0.4) is 0 Å². The summed E-state index contributed by atoms with van der Waals surface area (Å²) in [7, 11) is 1.56. The molecule has 0 radical (unpaired) electrons. The molecule has 1 aliphatic heterocycles. The van der Waals surface area contributed by atoms with Crippen LogP contribution in [0.15, 0.2) is 78.4 Å². The van der Waals surface area contributed by atoms with E-state index in [4.69, 9.17) is 14.2 Å². The van der Waals surface area contributed by atoms with Crippen molar-refractivity contribution < 1.29 is 28.9 Å². The highest BCUT2D eigenvalue weighted by molar-refractivity contribution is 6.51. The number of hydrogen-bond acceptors (Lipinski definition) is 6. The molecule has 3 aromatic carbocycles. The van der Waals surface area contributed by atoms with Crippen molar-refractivity contribution in [2.24, 2.45) is 0 Å². The molecule has 0 spiro atoms. The first-order chi connectivity index (χ1) is 17.8. The van der Waals surface area contributed by atoms with Gasteiger partial charge in [-0.25, -0.2) is 0 Å². The van der Waals surface area contributed by atoms with Crippen LogP contribution >= 0.6 is 0 Å². The minimum atomic E-state index is -0.856. The first kappa shape index (κ1) is 25.8. The van der Waals surface area contributed by atoms with Crippen LogP contribution in [0.4, 0.5) is 5.69 Å². The summed E-state index contributed by atoms with van der Waals surface area (Å²) >= 11 is 0. The van der Waals surface area contributed by atoms with Crippen molar-refractivity contribution in [1.82, 2.24) is 0 Å². The average molecular weight is 502 g/mol.